The van der Waals surface area contributed by atoms with Gasteiger partial charge in [0.05, 0.1) is 29.6 Å². The van der Waals surface area contributed by atoms with Gasteiger partial charge in [0, 0.05) is 17.3 Å². The molecule has 0 radical (unpaired) electrons. The smallest absolute Gasteiger partial charge is 0.248 e. The van der Waals surface area contributed by atoms with E-state index in [0.717, 1.165) is 16.5 Å². The van der Waals surface area contributed by atoms with Crippen molar-refractivity contribution in [3.05, 3.63) is 42.0 Å². The third kappa shape index (κ3) is 2.33. The maximum absolute atomic E-state index is 13.3. The van der Waals surface area contributed by atoms with Gasteiger partial charge < -0.3 is 5.11 Å². The third-order valence-corrected chi connectivity index (χ3v) is 5.51. The Kier molecular flexibility index (Phi) is 3.80. The minimum absolute atomic E-state index is 0.0511. The molecule has 0 spiro atoms. The van der Waals surface area contributed by atoms with Crippen LogP contribution < -0.4 is 4.90 Å². The summed E-state index contributed by atoms with van der Waals surface area (Å²) in [6.45, 7) is 7.08. The number of anilines is 1. The molecule has 4 rings (SSSR count). The highest BCUT2D eigenvalue weighted by Gasteiger charge is 2.56. The summed E-state index contributed by atoms with van der Waals surface area (Å²) in [6, 6.07) is 13.1. The van der Waals surface area contributed by atoms with Crippen LogP contribution in [0.2, 0.25) is 0 Å². The van der Waals surface area contributed by atoms with Gasteiger partial charge in [-0.2, -0.15) is 5.26 Å². The van der Waals surface area contributed by atoms with Crippen LogP contribution in [-0.2, 0) is 4.79 Å². The lowest BCUT2D eigenvalue weighted by atomic mass is 9.90. The van der Waals surface area contributed by atoms with E-state index in [2.05, 4.69) is 31.7 Å². The topological polar surface area (TPSA) is 67.6 Å². The lowest BCUT2D eigenvalue weighted by Crippen LogP contribution is -2.48. The molecule has 5 heteroatoms. The monoisotopic (exact) mass is 349 g/mol. The lowest BCUT2D eigenvalue weighted by Gasteiger charge is -2.39. The summed E-state index contributed by atoms with van der Waals surface area (Å²) in [7, 11) is 0. The minimum Gasteiger partial charge on any atom is -0.391 e. The van der Waals surface area contributed by atoms with Gasteiger partial charge in [0.2, 0.25) is 5.91 Å². The van der Waals surface area contributed by atoms with Crippen molar-refractivity contribution in [2.24, 2.45) is 5.41 Å². The van der Waals surface area contributed by atoms with Crippen molar-refractivity contribution >= 4 is 22.4 Å². The van der Waals surface area contributed by atoms with Crippen molar-refractivity contribution in [3.63, 3.8) is 0 Å². The number of carbonyl (C=O) groups is 1. The number of aliphatic hydroxyl groups excluding tert-OH is 1. The first-order chi connectivity index (χ1) is 12.3. The lowest BCUT2D eigenvalue weighted by molar-refractivity contribution is -0.121. The molecule has 5 nitrogen and oxygen atoms in total. The van der Waals surface area contributed by atoms with E-state index in [-0.39, 0.29) is 17.5 Å². The highest BCUT2D eigenvalue weighted by atomic mass is 16.3. The fourth-order valence-electron chi connectivity index (χ4n) is 4.52. The van der Waals surface area contributed by atoms with Gasteiger partial charge in [-0.3, -0.25) is 14.6 Å². The highest BCUT2D eigenvalue weighted by molar-refractivity contribution is 6.08. The molecule has 2 aromatic rings. The Labute approximate surface area is 153 Å². The van der Waals surface area contributed by atoms with E-state index < -0.39 is 12.1 Å². The first-order valence-electron chi connectivity index (χ1n) is 9.03. The number of benzene rings is 2. The number of fused-ring (bicyclic) bond motifs is 2. The number of hydrogen-bond acceptors (Lipinski definition) is 4. The second kappa shape index (κ2) is 5.80. The molecule has 1 N–H and O–H groups in total. The van der Waals surface area contributed by atoms with E-state index >= 15 is 0 Å². The molecule has 26 heavy (non-hydrogen) atoms. The summed E-state index contributed by atoms with van der Waals surface area (Å²) in [5.74, 6) is -0.0511. The normalized spacial score (nSPS) is 26.3. The Morgan fingerprint density at radius 3 is 2.50 bits per heavy atom. The molecule has 2 aliphatic heterocycles. The zero-order valence-electron chi connectivity index (χ0n) is 15.3. The van der Waals surface area contributed by atoms with Gasteiger partial charge in [0.1, 0.15) is 6.04 Å². The van der Waals surface area contributed by atoms with Crippen LogP contribution in [0.25, 0.3) is 10.8 Å². The van der Waals surface area contributed by atoms with E-state index in [4.69, 9.17) is 0 Å². The predicted molar refractivity (Wildman–Crippen MR) is 101 cm³/mol. The van der Waals surface area contributed by atoms with E-state index in [0.29, 0.717) is 18.5 Å². The molecular weight excluding hydrogens is 326 g/mol. The van der Waals surface area contributed by atoms with E-state index in [1.54, 1.807) is 6.07 Å². The number of nitrogens with zero attached hydrogens (tertiary/aromatic N) is 3. The second-order valence-corrected chi connectivity index (χ2v) is 8.28. The van der Waals surface area contributed by atoms with Crippen molar-refractivity contribution < 1.29 is 9.90 Å². The van der Waals surface area contributed by atoms with Crippen LogP contribution >= 0.6 is 0 Å². The molecule has 2 fully saturated rings. The standard InChI is InChI=1S/C21H23N3O2/c1-21(2,3)20-23-11-10-17(25)18(23)19(26)24(20)16-9-8-13(12-22)14-6-4-5-7-15(14)16/h4-9,17-18,20,25H,10-11H2,1-3H3. The first kappa shape index (κ1) is 17.0. The number of nitriles is 1. The zero-order valence-corrected chi connectivity index (χ0v) is 15.3. The van der Waals surface area contributed by atoms with Crippen LogP contribution in [0.1, 0.15) is 32.8 Å². The van der Waals surface area contributed by atoms with E-state index in [1.807, 2.05) is 35.2 Å². The largest absolute Gasteiger partial charge is 0.391 e. The average Bonchev–Trinajstić information content (AvgIpc) is 3.12. The molecule has 2 saturated heterocycles. The maximum atomic E-state index is 13.3. The third-order valence-electron chi connectivity index (χ3n) is 5.51. The van der Waals surface area contributed by atoms with Gasteiger partial charge in [0.15, 0.2) is 0 Å². The van der Waals surface area contributed by atoms with Gasteiger partial charge >= 0.3 is 0 Å². The molecule has 0 aliphatic carbocycles. The number of hydrogen-bond donors (Lipinski definition) is 1. The molecule has 0 bridgehead atoms. The molecule has 2 aliphatic rings. The van der Waals surface area contributed by atoms with Gasteiger partial charge in [0.25, 0.3) is 0 Å². The van der Waals surface area contributed by atoms with Gasteiger partial charge in [-0.25, -0.2) is 0 Å². The Morgan fingerprint density at radius 1 is 1.15 bits per heavy atom. The number of rotatable bonds is 1. The molecule has 2 heterocycles. The first-order valence-corrected chi connectivity index (χ1v) is 9.03. The Bertz CT molecular complexity index is 925. The van der Waals surface area contributed by atoms with Crippen LogP contribution in [0.4, 0.5) is 5.69 Å². The molecule has 3 unspecified atom stereocenters. The second-order valence-electron chi connectivity index (χ2n) is 8.28. The molecule has 1 amide bonds. The van der Waals surface area contributed by atoms with Crippen molar-refractivity contribution in [3.8, 4) is 6.07 Å². The summed E-state index contributed by atoms with van der Waals surface area (Å²) in [5, 5.41) is 21.5. The Balaban J connectivity index is 1.93. The summed E-state index contributed by atoms with van der Waals surface area (Å²) < 4.78 is 0. The molecular formula is C21H23N3O2. The van der Waals surface area contributed by atoms with Crippen molar-refractivity contribution in [2.75, 3.05) is 11.4 Å². The van der Waals surface area contributed by atoms with Crippen molar-refractivity contribution in [1.29, 1.82) is 5.26 Å². The summed E-state index contributed by atoms with van der Waals surface area (Å²) >= 11 is 0. The van der Waals surface area contributed by atoms with Gasteiger partial charge in [-0.15, -0.1) is 0 Å². The average molecular weight is 349 g/mol. The predicted octanol–water partition coefficient (Wildman–Crippen LogP) is 2.87. The van der Waals surface area contributed by atoms with Crippen LogP contribution in [0.5, 0.6) is 0 Å². The summed E-state index contributed by atoms with van der Waals surface area (Å²) in [6.07, 6.45) is -0.124. The summed E-state index contributed by atoms with van der Waals surface area (Å²) in [4.78, 5) is 17.3. The molecule has 3 atom stereocenters. The number of aliphatic hydroxyl groups is 1. The maximum Gasteiger partial charge on any atom is 0.248 e. The fourth-order valence-corrected chi connectivity index (χ4v) is 4.52. The number of carbonyl (C=O) groups excluding carboxylic acids is 1. The molecule has 134 valence electrons. The fraction of sp³-hybridized carbons (Fsp3) is 0.429. The van der Waals surface area contributed by atoms with Crippen LogP contribution in [0.15, 0.2) is 36.4 Å². The minimum atomic E-state index is -0.623. The molecule has 0 saturated carbocycles. The Hall–Kier alpha value is -2.42. The zero-order chi connectivity index (χ0) is 18.6. The van der Waals surface area contributed by atoms with E-state index in [9.17, 15) is 15.2 Å². The van der Waals surface area contributed by atoms with E-state index in [1.165, 1.54) is 0 Å². The van der Waals surface area contributed by atoms with Gasteiger partial charge in [-0.05, 0) is 24.0 Å². The molecule has 2 aromatic carbocycles. The SMILES string of the molecule is CC(C)(C)C1N(c2ccc(C#N)c3ccccc23)C(=O)C2C(O)CCN21. The number of amides is 1. The van der Waals surface area contributed by atoms with Crippen LogP contribution in [0, 0.1) is 16.7 Å². The molecule has 0 aromatic heterocycles. The Morgan fingerprint density at radius 2 is 1.85 bits per heavy atom. The van der Waals surface area contributed by atoms with Crippen molar-refractivity contribution in [2.45, 2.75) is 45.5 Å². The van der Waals surface area contributed by atoms with Crippen molar-refractivity contribution in [1.82, 2.24) is 4.90 Å². The van der Waals surface area contributed by atoms with Gasteiger partial charge in [-0.1, -0.05) is 45.0 Å². The van der Waals surface area contributed by atoms with Crippen LogP contribution in [-0.4, -0.2) is 40.8 Å². The summed E-state index contributed by atoms with van der Waals surface area (Å²) in [5.41, 5.74) is 1.23. The van der Waals surface area contributed by atoms with Crippen LogP contribution in [0.3, 0.4) is 0 Å². The quantitative estimate of drug-likeness (QED) is 0.860. The highest BCUT2D eigenvalue weighted by Crippen LogP contribution is 2.43.